The SMILES string of the molecule is Cc1cn(C(=O)C(F)(F)C[C@H](O)CO)c(=O)nc1N. The number of halogens is 2. The van der Waals surface area contributed by atoms with Crippen LogP contribution in [0.3, 0.4) is 0 Å². The highest BCUT2D eigenvalue weighted by Gasteiger charge is 2.42. The van der Waals surface area contributed by atoms with Gasteiger partial charge < -0.3 is 15.9 Å². The van der Waals surface area contributed by atoms with Crippen molar-refractivity contribution in [2.45, 2.75) is 25.4 Å². The maximum atomic E-state index is 13.5. The van der Waals surface area contributed by atoms with Gasteiger partial charge in [-0.2, -0.15) is 13.8 Å². The van der Waals surface area contributed by atoms with Gasteiger partial charge in [0.05, 0.1) is 12.7 Å². The molecule has 106 valence electrons. The van der Waals surface area contributed by atoms with Crippen LogP contribution in [0.25, 0.3) is 0 Å². The third kappa shape index (κ3) is 3.32. The Bertz CT molecular complexity index is 544. The first-order valence-corrected chi connectivity index (χ1v) is 5.26. The summed E-state index contributed by atoms with van der Waals surface area (Å²) in [6, 6.07) is 0. The Balaban J connectivity index is 3.13. The second kappa shape index (κ2) is 5.41. The Morgan fingerprint density at radius 3 is 2.74 bits per heavy atom. The third-order valence-corrected chi connectivity index (χ3v) is 2.38. The lowest BCUT2D eigenvalue weighted by molar-refractivity contribution is -0.0405. The van der Waals surface area contributed by atoms with Crippen molar-refractivity contribution in [3.8, 4) is 0 Å². The number of anilines is 1. The molecule has 0 fully saturated rings. The molecule has 1 aromatic rings. The van der Waals surface area contributed by atoms with E-state index in [1.807, 2.05) is 0 Å². The summed E-state index contributed by atoms with van der Waals surface area (Å²) in [7, 11) is 0. The molecule has 0 radical (unpaired) electrons. The minimum Gasteiger partial charge on any atom is -0.394 e. The number of hydrogen-bond acceptors (Lipinski definition) is 6. The van der Waals surface area contributed by atoms with Crippen LogP contribution in [0.2, 0.25) is 0 Å². The number of nitrogens with zero attached hydrogens (tertiary/aromatic N) is 2. The van der Waals surface area contributed by atoms with Crippen molar-refractivity contribution in [2.24, 2.45) is 0 Å². The van der Waals surface area contributed by atoms with Gasteiger partial charge in [0.1, 0.15) is 5.82 Å². The first kappa shape index (κ1) is 15.2. The standard InChI is InChI=1S/C10H13F2N3O4/c1-5-3-15(9(19)14-7(5)13)8(18)10(11,12)2-6(17)4-16/h3,6,16-17H,2,4H2,1H3,(H2,13,14,19)/t6-/m0/s1. The molecule has 4 N–H and O–H groups in total. The Hall–Kier alpha value is -1.87. The van der Waals surface area contributed by atoms with Crippen LogP contribution in [0.1, 0.15) is 16.8 Å². The number of alkyl halides is 2. The maximum absolute atomic E-state index is 13.5. The number of nitrogens with two attached hydrogens (primary N) is 1. The number of aliphatic hydroxyl groups is 2. The molecule has 1 atom stereocenters. The third-order valence-electron chi connectivity index (χ3n) is 2.38. The second-order valence-electron chi connectivity index (χ2n) is 4.01. The molecular weight excluding hydrogens is 264 g/mol. The fourth-order valence-electron chi connectivity index (χ4n) is 1.33. The number of aryl methyl sites for hydroxylation is 1. The van der Waals surface area contributed by atoms with Gasteiger partial charge in [0, 0.05) is 18.2 Å². The molecule has 0 saturated carbocycles. The van der Waals surface area contributed by atoms with Crippen molar-refractivity contribution in [2.75, 3.05) is 12.3 Å². The van der Waals surface area contributed by atoms with E-state index in [-0.39, 0.29) is 15.9 Å². The van der Waals surface area contributed by atoms with E-state index in [2.05, 4.69) is 4.98 Å². The molecule has 0 saturated heterocycles. The van der Waals surface area contributed by atoms with Gasteiger partial charge in [-0.15, -0.1) is 0 Å². The molecule has 0 aliphatic heterocycles. The van der Waals surface area contributed by atoms with Crippen LogP contribution in [0.5, 0.6) is 0 Å². The summed E-state index contributed by atoms with van der Waals surface area (Å²) in [4.78, 5) is 26.1. The van der Waals surface area contributed by atoms with Crippen LogP contribution in [-0.2, 0) is 0 Å². The minimum atomic E-state index is -4.00. The normalized spacial score (nSPS) is 13.3. The molecule has 9 heteroatoms. The van der Waals surface area contributed by atoms with E-state index in [0.29, 0.717) is 0 Å². The summed E-state index contributed by atoms with van der Waals surface area (Å²) >= 11 is 0. The smallest absolute Gasteiger partial charge is 0.356 e. The van der Waals surface area contributed by atoms with E-state index in [9.17, 15) is 18.4 Å². The first-order valence-electron chi connectivity index (χ1n) is 5.26. The highest BCUT2D eigenvalue weighted by Crippen LogP contribution is 2.22. The molecule has 1 aromatic heterocycles. The molecule has 0 spiro atoms. The molecule has 0 aliphatic rings. The zero-order chi connectivity index (χ0) is 14.8. The maximum Gasteiger partial charge on any atom is 0.356 e. The number of rotatable bonds is 4. The highest BCUT2D eigenvalue weighted by molar-refractivity contribution is 5.85. The number of hydrogen-bond donors (Lipinski definition) is 3. The molecule has 0 aliphatic carbocycles. The van der Waals surface area contributed by atoms with Gasteiger partial charge in [-0.1, -0.05) is 0 Å². The van der Waals surface area contributed by atoms with Crippen molar-refractivity contribution >= 4 is 11.7 Å². The van der Waals surface area contributed by atoms with Crippen molar-refractivity contribution in [3.05, 3.63) is 22.2 Å². The summed E-state index contributed by atoms with van der Waals surface area (Å²) in [6.45, 7) is 0.475. The Morgan fingerprint density at radius 2 is 2.21 bits per heavy atom. The highest BCUT2D eigenvalue weighted by atomic mass is 19.3. The van der Waals surface area contributed by atoms with Crippen LogP contribution in [0, 0.1) is 6.92 Å². The van der Waals surface area contributed by atoms with Gasteiger partial charge in [-0.25, -0.2) is 9.36 Å². The minimum absolute atomic E-state index is 0.135. The average molecular weight is 277 g/mol. The van der Waals surface area contributed by atoms with Gasteiger partial charge in [0.2, 0.25) is 0 Å². The van der Waals surface area contributed by atoms with Gasteiger partial charge >= 0.3 is 17.5 Å². The summed E-state index contributed by atoms with van der Waals surface area (Å²) in [5, 5.41) is 17.4. The molecule has 0 bridgehead atoms. The van der Waals surface area contributed by atoms with Crippen LogP contribution in [-0.4, -0.2) is 44.3 Å². The van der Waals surface area contributed by atoms with E-state index < -0.39 is 36.7 Å². The van der Waals surface area contributed by atoms with Crippen LogP contribution in [0.15, 0.2) is 11.0 Å². The lowest BCUT2D eigenvalue weighted by Crippen LogP contribution is -2.43. The summed E-state index contributed by atoms with van der Waals surface area (Å²) < 4.78 is 27.2. The number of nitrogen functional groups attached to an aromatic ring is 1. The van der Waals surface area contributed by atoms with E-state index in [1.54, 1.807) is 0 Å². The van der Waals surface area contributed by atoms with Crippen LogP contribution < -0.4 is 11.4 Å². The largest absolute Gasteiger partial charge is 0.394 e. The van der Waals surface area contributed by atoms with Crippen molar-refractivity contribution < 1.29 is 23.8 Å². The Morgan fingerprint density at radius 1 is 1.63 bits per heavy atom. The summed E-state index contributed by atoms with van der Waals surface area (Å²) in [5.41, 5.74) is 4.26. The monoisotopic (exact) mass is 277 g/mol. The molecule has 1 heterocycles. The van der Waals surface area contributed by atoms with Gasteiger partial charge in [0.25, 0.3) is 0 Å². The molecule has 0 unspecified atom stereocenters. The van der Waals surface area contributed by atoms with Gasteiger partial charge in [-0.05, 0) is 6.92 Å². The molecular formula is C10H13F2N3O4. The van der Waals surface area contributed by atoms with Crippen molar-refractivity contribution in [1.29, 1.82) is 0 Å². The fraction of sp³-hybridized carbons (Fsp3) is 0.500. The molecule has 0 aromatic carbocycles. The average Bonchev–Trinajstić information content (AvgIpc) is 2.32. The van der Waals surface area contributed by atoms with E-state index in [0.717, 1.165) is 6.20 Å². The predicted octanol–water partition coefficient (Wildman–Crippen LogP) is -0.847. The zero-order valence-electron chi connectivity index (χ0n) is 10.0. The van der Waals surface area contributed by atoms with Gasteiger partial charge in [-0.3, -0.25) is 4.79 Å². The molecule has 1 rings (SSSR count). The predicted molar refractivity (Wildman–Crippen MR) is 60.9 cm³/mol. The first-order chi connectivity index (χ1) is 8.69. The van der Waals surface area contributed by atoms with Crippen molar-refractivity contribution in [1.82, 2.24) is 9.55 Å². The Labute approximate surface area is 106 Å². The molecule has 19 heavy (non-hydrogen) atoms. The lowest BCUT2D eigenvalue weighted by atomic mass is 10.1. The number of carbonyl (C=O) groups excluding carboxylic acids is 1. The lowest BCUT2D eigenvalue weighted by Gasteiger charge is -2.18. The fourth-order valence-corrected chi connectivity index (χ4v) is 1.33. The zero-order valence-corrected chi connectivity index (χ0v) is 10.0. The quantitative estimate of drug-likeness (QED) is 0.660. The number of aromatic nitrogens is 2. The molecule has 0 amide bonds. The van der Waals surface area contributed by atoms with E-state index in [1.165, 1.54) is 6.92 Å². The Kier molecular flexibility index (Phi) is 4.32. The molecule has 7 nitrogen and oxygen atoms in total. The summed E-state index contributed by atoms with van der Waals surface area (Å²) in [6.07, 6.45) is -2.21. The van der Waals surface area contributed by atoms with Crippen molar-refractivity contribution in [3.63, 3.8) is 0 Å². The van der Waals surface area contributed by atoms with Crippen LogP contribution in [0.4, 0.5) is 14.6 Å². The van der Waals surface area contributed by atoms with Crippen LogP contribution >= 0.6 is 0 Å². The summed E-state index contributed by atoms with van der Waals surface area (Å²) in [5.74, 6) is -6.00. The number of carbonyl (C=O) groups is 1. The second-order valence-corrected chi connectivity index (χ2v) is 4.01. The number of aliphatic hydroxyl groups excluding tert-OH is 2. The van der Waals surface area contributed by atoms with E-state index in [4.69, 9.17) is 15.9 Å². The van der Waals surface area contributed by atoms with E-state index >= 15 is 0 Å². The van der Waals surface area contributed by atoms with Gasteiger partial charge in [0.15, 0.2) is 0 Å². The topological polar surface area (TPSA) is 118 Å².